The second-order valence-corrected chi connectivity index (χ2v) is 9.05. The Balaban J connectivity index is 1.86. The van der Waals surface area contributed by atoms with Crippen LogP contribution in [0.15, 0.2) is 24.3 Å². The van der Waals surface area contributed by atoms with Crippen LogP contribution in [0.2, 0.25) is 0 Å². The third-order valence-electron chi connectivity index (χ3n) is 4.75. The van der Waals surface area contributed by atoms with Gasteiger partial charge in [0.25, 0.3) is 0 Å². The Labute approximate surface area is 169 Å². The van der Waals surface area contributed by atoms with E-state index in [1.54, 1.807) is 12.1 Å². The summed E-state index contributed by atoms with van der Waals surface area (Å²) in [6.45, 7) is 9.44. The van der Waals surface area contributed by atoms with E-state index < -0.39 is 11.6 Å². The molecule has 0 N–H and O–H groups in total. The highest BCUT2D eigenvalue weighted by Gasteiger charge is 2.18. The van der Waals surface area contributed by atoms with E-state index in [-0.39, 0.29) is 11.5 Å². The molecule has 0 radical (unpaired) electrons. The molecule has 0 unspecified atom stereocenters. The number of fused-ring (bicyclic) bond motifs is 3. The smallest absolute Gasteiger partial charge is 0.182 e. The molecule has 0 aliphatic heterocycles. The van der Waals surface area contributed by atoms with Crippen molar-refractivity contribution in [3.8, 4) is 11.5 Å². The first-order valence-electron chi connectivity index (χ1n) is 9.97. The molecule has 0 fully saturated rings. The molecule has 5 heteroatoms. The van der Waals surface area contributed by atoms with Crippen LogP contribution in [0.1, 0.15) is 47.0 Å². The van der Waals surface area contributed by atoms with Crippen LogP contribution in [0.3, 0.4) is 0 Å². The monoisotopic (exact) mass is 406 g/mol. The molecule has 3 aromatic rings. The molecule has 0 spiro atoms. The second-order valence-electron chi connectivity index (χ2n) is 8.03. The molecule has 0 saturated heterocycles. The molecule has 152 valence electrons. The number of benzene rings is 2. The van der Waals surface area contributed by atoms with Gasteiger partial charge in [0.1, 0.15) is 0 Å². The lowest BCUT2D eigenvalue weighted by Gasteiger charge is -2.09. The van der Waals surface area contributed by atoms with Crippen LogP contribution in [-0.2, 0) is 0 Å². The van der Waals surface area contributed by atoms with Crippen LogP contribution < -0.4 is 9.47 Å². The quantitative estimate of drug-likeness (QED) is 0.341. The van der Waals surface area contributed by atoms with Gasteiger partial charge in [0, 0.05) is 10.8 Å². The zero-order valence-corrected chi connectivity index (χ0v) is 17.8. The Hall–Kier alpha value is -1.88. The van der Waals surface area contributed by atoms with Gasteiger partial charge in [-0.3, -0.25) is 0 Å². The van der Waals surface area contributed by atoms with Gasteiger partial charge in [0.2, 0.25) is 0 Å². The van der Waals surface area contributed by atoms with E-state index in [0.29, 0.717) is 45.2 Å². The summed E-state index contributed by atoms with van der Waals surface area (Å²) in [7, 11) is 0. The van der Waals surface area contributed by atoms with Crippen molar-refractivity contribution in [1.82, 2.24) is 0 Å². The van der Waals surface area contributed by atoms with Gasteiger partial charge in [-0.1, -0.05) is 27.7 Å². The first-order valence-corrected chi connectivity index (χ1v) is 10.8. The molecular weight excluding hydrogens is 378 g/mol. The van der Waals surface area contributed by atoms with E-state index >= 15 is 0 Å². The second kappa shape index (κ2) is 9.08. The SMILES string of the molecule is CC(C)CCCOc1ccc2c(sc3c(F)c(OCCC(C)C)ccc32)c1F. The maximum atomic E-state index is 14.9. The number of ether oxygens (including phenoxy) is 2. The van der Waals surface area contributed by atoms with Crippen LogP contribution in [0, 0.1) is 23.5 Å². The van der Waals surface area contributed by atoms with Gasteiger partial charge in [-0.05, 0) is 55.4 Å². The Morgan fingerprint density at radius 3 is 1.75 bits per heavy atom. The fourth-order valence-corrected chi connectivity index (χ4v) is 4.26. The van der Waals surface area contributed by atoms with E-state index in [2.05, 4.69) is 27.7 Å². The van der Waals surface area contributed by atoms with Gasteiger partial charge in [-0.2, -0.15) is 0 Å². The van der Waals surface area contributed by atoms with Crippen LogP contribution in [0.25, 0.3) is 20.2 Å². The minimum Gasteiger partial charge on any atom is -0.490 e. The summed E-state index contributed by atoms with van der Waals surface area (Å²) in [6.07, 6.45) is 2.78. The average Bonchev–Trinajstić information content (AvgIpc) is 3.02. The van der Waals surface area contributed by atoms with E-state index in [1.165, 1.54) is 0 Å². The molecule has 2 aromatic carbocycles. The molecular formula is C23H28F2O2S. The van der Waals surface area contributed by atoms with Gasteiger partial charge < -0.3 is 9.47 Å². The summed E-state index contributed by atoms with van der Waals surface area (Å²) < 4.78 is 42.0. The third-order valence-corrected chi connectivity index (χ3v) is 5.96. The maximum Gasteiger partial charge on any atom is 0.182 e. The lowest BCUT2D eigenvalue weighted by atomic mass is 10.1. The summed E-state index contributed by atoms with van der Waals surface area (Å²) in [4.78, 5) is 0. The summed E-state index contributed by atoms with van der Waals surface area (Å²) in [5.74, 6) is 0.718. The van der Waals surface area contributed by atoms with Crippen molar-refractivity contribution in [2.45, 2.75) is 47.0 Å². The van der Waals surface area contributed by atoms with E-state index in [0.717, 1.165) is 30.6 Å². The van der Waals surface area contributed by atoms with Crippen LogP contribution in [0.4, 0.5) is 8.78 Å². The van der Waals surface area contributed by atoms with Crippen molar-refractivity contribution < 1.29 is 18.3 Å². The first kappa shape index (κ1) is 20.8. The van der Waals surface area contributed by atoms with Crippen LogP contribution in [-0.4, -0.2) is 13.2 Å². The number of halogens is 2. The lowest BCUT2D eigenvalue weighted by molar-refractivity contribution is 0.278. The molecule has 3 rings (SSSR count). The normalized spacial score (nSPS) is 11.9. The van der Waals surface area contributed by atoms with Gasteiger partial charge in [0.15, 0.2) is 23.1 Å². The van der Waals surface area contributed by atoms with Crippen molar-refractivity contribution in [3.05, 3.63) is 35.9 Å². The molecule has 28 heavy (non-hydrogen) atoms. The van der Waals surface area contributed by atoms with E-state index in [4.69, 9.17) is 9.47 Å². The van der Waals surface area contributed by atoms with Gasteiger partial charge in [0.05, 0.1) is 22.6 Å². The highest BCUT2D eigenvalue weighted by molar-refractivity contribution is 7.25. The van der Waals surface area contributed by atoms with Gasteiger partial charge in [-0.15, -0.1) is 11.3 Å². The molecule has 0 saturated carbocycles. The molecule has 1 heterocycles. The Morgan fingerprint density at radius 2 is 1.25 bits per heavy atom. The zero-order valence-electron chi connectivity index (χ0n) is 17.0. The van der Waals surface area contributed by atoms with Crippen LogP contribution in [0.5, 0.6) is 11.5 Å². The Morgan fingerprint density at radius 1 is 0.750 bits per heavy atom. The summed E-state index contributed by atoms with van der Waals surface area (Å²) in [6, 6.07) is 6.90. The highest BCUT2D eigenvalue weighted by Crippen LogP contribution is 2.41. The third kappa shape index (κ3) is 4.57. The topological polar surface area (TPSA) is 18.5 Å². The maximum absolute atomic E-state index is 14.9. The fraction of sp³-hybridized carbons (Fsp3) is 0.478. The number of hydrogen-bond donors (Lipinski definition) is 0. The van der Waals surface area contributed by atoms with Crippen LogP contribution >= 0.6 is 11.3 Å². The number of thiophene rings is 1. The number of hydrogen-bond acceptors (Lipinski definition) is 3. The van der Waals surface area contributed by atoms with Crippen molar-refractivity contribution in [3.63, 3.8) is 0 Å². The summed E-state index contributed by atoms with van der Waals surface area (Å²) in [5, 5.41) is 1.42. The minimum atomic E-state index is -0.416. The van der Waals surface area contributed by atoms with Crippen molar-refractivity contribution in [1.29, 1.82) is 0 Å². The van der Waals surface area contributed by atoms with Gasteiger partial charge in [-0.25, -0.2) is 8.78 Å². The largest absolute Gasteiger partial charge is 0.490 e. The predicted molar refractivity (Wildman–Crippen MR) is 114 cm³/mol. The predicted octanol–water partition coefficient (Wildman–Crippen LogP) is 7.57. The van der Waals surface area contributed by atoms with Crippen molar-refractivity contribution in [2.75, 3.05) is 13.2 Å². The summed E-state index contributed by atoms with van der Waals surface area (Å²) in [5.41, 5.74) is 0. The van der Waals surface area contributed by atoms with E-state index in [9.17, 15) is 8.78 Å². The molecule has 2 nitrogen and oxygen atoms in total. The fourth-order valence-electron chi connectivity index (χ4n) is 3.10. The molecule has 1 aromatic heterocycles. The standard InChI is InChI=1S/C23H28F2O2S/c1-14(2)6-5-12-26-18-9-7-16-17-8-10-19(27-13-11-15(3)4)21(25)23(17)28-22(16)20(18)24/h7-10,14-15H,5-6,11-13H2,1-4H3. The highest BCUT2D eigenvalue weighted by atomic mass is 32.1. The summed E-state index contributed by atoms with van der Waals surface area (Å²) >= 11 is 1.12. The minimum absolute atomic E-state index is 0.227. The molecule has 0 aliphatic carbocycles. The molecule has 0 bridgehead atoms. The molecule has 0 atom stereocenters. The molecule has 0 aliphatic rings. The average molecular weight is 407 g/mol. The Kier molecular flexibility index (Phi) is 6.76. The van der Waals surface area contributed by atoms with E-state index in [1.807, 2.05) is 12.1 Å². The van der Waals surface area contributed by atoms with Crippen molar-refractivity contribution in [2.24, 2.45) is 11.8 Å². The lowest BCUT2D eigenvalue weighted by Crippen LogP contribution is -2.02. The zero-order chi connectivity index (χ0) is 20.3. The van der Waals surface area contributed by atoms with Crippen molar-refractivity contribution >= 4 is 31.5 Å². The molecule has 0 amide bonds. The first-order chi connectivity index (χ1) is 13.4. The van der Waals surface area contributed by atoms with Gasteiger partial charge >= 0.3 is 0 Å². The number of rotatable bonds is 9. The Bertz CT molecular complexity index is 947.